The van der Waals surface area contributed by atoms with E-state index in [1.807, 2.05) is 0 Å². The number of carbonyl (C=O) groups is 2. The van der Waals surface area contributed by atoms with Gasteiger partial charge in [-0.1, -0.05) is 34.4 Å². The van der Waals surface area contributed by atoms with Gasteiger partial charge in [0.1, 0.15) is 23.0 Å². The van der Waals surface area contributed by atoms with E-state index in [-0.39, 0.29) is 35.6 Å². The Labute approximate surface area is 292 Å². The number of aryl methyl sites for hydroxylation is 1. The van der Waals surface area contributed by atoms with E-state index in [2.05, 4.69) is 20.4 Å². The van der Waals surface area contributed by atoms with Crippen molar-refractivity contribution in [2.75, 3.05) is 13.2 Å². The topological polar surface area (TPSA) is 128 Å². The summed E-state index contributed by atoms with van der Waals surface area (Å²) in [5.74, 6) is -0.547. The second-order valence-corrected chi connectivity index (χ2v) is 14.1. The number of nitrogens with zero attached hydrogens (tertiary/aromatic N) is 4. The van der Waals surface area contributed by atoms with Crippen LogP contribution in [0.3, 0.4) is 0 Å². The summed E-state index contributed by atoms with van der Waals surface area (Å²) in [5.41, 5.74) is -1.77. The van der Waals surface area contributed by atoms with Crippen LogP contribution in [0, 0.1) is 0 Å². The second-order valence-electron chi connectivity index (χ2n) is 13.3. The number of benzene rings is 2. The van der Waals surface area contributed by atoms with Gasteiger partial charge in [-0.2, -0.15) is 18.2 Å². The molecule has 1 aromatic heterocycles. The monoisotopic (exact) mass is 727 g/mol. The molecule has 0 aliphatic carbocycles. The van der Waals surface area contributed by atoms with E-state index in [1.54, 1.807) is 64.6 Å². The Kier molecular flexibility index (Phi) is 11.7. The molecule has 2 aromatic carbocycles. The molecule has 266 valence electrons. The maximum atomic E-state index is 14.1. The predicted octanol–water partition coefficient (Wildman–Crippen LogP) is 9.03. The molecule has 1 N–H and O–H groups in total. The van der Waals surface area contributed by atoms with Crippen molar-refractivity contribution in [1.82, 2.24) is 20.4 Å². The summed E-state index contributed by atoms with van der Waals surface area (Å²) in [6.07, 6.45) is -4.54. The molecule has 3 aromatic rings. The first-order chi connectivity index (χ1) is 22.8. The number of halogens is 5. The number of aromatic nitrogens is 2. The fourth-order valence-electron chi connectivity index (χ4n) is 4.86. The molecular weight excluding hydrogens is 690 g/mol. The van der Waals surface area contributed by atoms with E-state index in [0.29, 0.717) is 42.3 Å². The lowest BCUT2D eigenvalue weighted by Gasteiger charge is -2.27. The van der Waals surface area contributed by atoms with Crippen LogP contribution in [0.5, 0.6) is 5.75 Å². The minimum absolute atomic E-state index is 0.0249. The fraction of sp³-hybridized carbons (Fsp3) is 0.485. The minimum atomic E-state index is -4.73. The van der Waals surface area contributed by atoms with Crippen molar-refractivity contribution in [2.45, 2.75) is 90.6 Å². The minimum Gasteiger partial charge on any atom is -0.493 e. The molecule has 49 heavy (non-hydrogen) atoms. The summed E-state index contributed by atoms with van der Waals surface area (Å²) in [5, 5.41) is 7.25. The van der Waals surface area contributed by atoms with Gasteiger partial charge in [0, 0.05) is 12.1 Å². The molecule has 2 heterocycles. The number of carbonyl (C=O) groups excluding carboxylic acids is 2. The first-order valence-corrected chi connectivity index (χ1v) is 16.2. The first-order valence-electron chi connectivity index (χ1n) is 15.5. The lowest BCUT2D eigenvalue weighted by Crippen LogP contribution is -2.46. The third kappa shape index (κ3) is 11.0. The number of hydrogen-bond donors (Lipinski definition) is 1. The quantitative estimate of drug-likeness (QED) is 0.144. The van der Waals surface area contributed by atoms with Crippen LogP contribution >= 0.6 is 23.2 Å². The van der Waals surface area contributed by atoms with Crippen molar-refractivity contribution in [3.8, 4) is 17.1 Å². The van der Waals surface area contributed by atoms with Crippen LogP contribution in [0.4, 0.5) is 22.8 Å². The number of alkyl carbamates (subject to hydrolysis) is 1. The number of amides is 2. The van der Waals surface area contributed by atoms with E-state index < -0.39 is 41.2 Å². The number of hydrogen-bond acceptors (Lipinski definition) is 8. The molecule has 4 rings (SSSR count). The van der Waals surface area contributed by atoms with Crippen molar-refractivity contribution >= 4 is 41.3 Å². The Balaban J connectivity index is 1.53. The summed E-state index contributed by atoms with van der Waals surface area (Å²) in [6.45, 7) is 10.4. The van der Waals surface area contributed by atoms with E-state index in [4.69, 9.17) is 41.9 Å². The Morgan fingerprint density at radius 3 is 2.39 bits per heavy atom. The van der Waals surface area contributed by atoms with Crippen LogP contribution < -0.4 is 10.1 Å². The van der Waals surface area contributed by atoms with E-state index in [1.165, 1.54) is 12.1 Å². The Morgan fingerprint density at radius 2 is 1.73 bits per heavy atom. The van der Waals surface area contributed by atoms with Crippen molar-refractivity contribution in [1.29, 1.82) is 0 Å². The summed E-state index contributed by atoms with van der Waals surface area (Å²) in [4.78, 5) is 35.3. The summed E-state index contributed by atoms with van der Waals surface area (Å²) >= 11 is 12.0. The standard InChI is InChI=1S/C33H38Cl2F3N5O6/c1-31(2,3)47-29(44)40-28(41-30(45)48-32(4,5)6)43-15-7-10-24(43)27-39-26(42-49-27)20-12-14-25(21(18-20)33(36,37)38)46-16-8-9-19-11-13-22(34)23(35)17-19/h11-14,17-18,24H,7-10,15-16H2,1-6H3,(H,40,41,44,45). The molecule has 1 fully saturated rings. The van der Waals surface area contributed by atoms with Crippen molar-refractivity contribution in [3.05, 3.63) is 63.5 Å². The fourth-order valence-corrected chi connectivity index (χ4v) is 5.19. The SMILES string of the molecule is CC(C)(C)OC(=O)N=C(NC(=O)OC(C)(C)C)N1CCCC1c1nc(-c2ccc(OCCCc3ccc(Cl)c(Cl)c3)c(C(F)(F)F)c2)no1. The number of aliphatic imine (C=N–C) groups is 1. The van der Waals surface area contributed by atoms with Crippen LogP contribution in [-0.4, -0.2) is 57.5 Å². The van der Waals surface area contributed by atoms with E-state index in [9.17, 15) is 22.8 Å². The molecule has 1 saturated heterocycles. The lowest BCUT2D eigenvalue weighted by molar-refractivity contribution is -0.138. The van der Waals surface area contributed by atoms with Crippen LogP contribution in [0.1, 0.15) is 83.9 Å². The van der Waals surface area contributed by atoms with Gasteiger partial charge in [0.25, 0.3) is 0 Å². The molecule has 1 atom stereocenters. The normalized spacial score (nSPS) is 15.7. The maximum absolute atomic E-state index is 14.1. The van der Waals surface area contributed by atoms with Gasteiger partial charge in [-0.15, -0.1) is 4.99 Å². The average Bonchev–Trinajstić information content (AvgIpc) is 3.65. The molecule has 0 spiro atoms. The van der Waals surface area contributed by atoms with Crippen LogP contribution in [-0.2, 0) is 22.1 Å². The number of ether oxygens (including phenoxy) is 3. The molecule has 0 saturated carbocycles. The second kappa shape index (κ2) is 15.2. The first kappa shape index (κ1) is 37.8. The molecule has 1 aliphatic heterocycles. The van der Waals surface area contributed by atoms with Gasteiger partial charge in [-0.05, 0) is 103 Å². The van der Waals surface area contributed by atoms with Gasteiger partial charge < -0.3 is 23.6 Å². The third-order valence-corrected chi connectivity index (χ3v) is 7.59. The van der Waals surface area contributed by atoms with E-state index >= 15 is 0 Å². The number of guanidine groups is 1. The number of alkyl halides is 3. The highest BCUT2D eigenvalue weighted by atomic mass is 35.5. The van der Waals surface area contributed by atoms with E-state index in [0.717, 1.165) is 11.6 Å². The van der Waals surface area contributed by atoms with Gasteiger partial charge in [-0.25, -0.2) is 9.59 Å². The van der Waals surface area contributed by atoms with Gasteiger partial charge in [0.2, 0.25) is 17.7 Å². The van der Waals surface area contributed by atoms with Gasteiger partial charge in [0.15, 0.2) is 0 Å². The maximum Gasteiger partial charge on any atom is 0.437 e. The lowest BCUT2D eigenvalue weighted by atomic mass is 10.1. The average molecular weight is 729 g/mol. The van der Waals surface area contributed by atoms with Crippen molar-refractivity contribution < 1.29 is 41.5 Å². The van der Waals surface area contributed by atoms with Crippen LogP contribution in [0.25, 0.3) is 11.4 Å². The highest BCUT2D eigenvalue weighted by molar-refractivity contribution is 6.42. The number of rotatable bonds is 7. The third-order valence-electron chi connectivity index (χ3n) is 6.85. The molecular formula is C33H38Cl2F3N5O6. The number of likely N-dealkylation sites (tertiary alicyclic amines) is 1. The zero-order valence-corrected chi connectivity index (χ0v) is 29.4. The molecule has 0 radical (unpaired) electrons. The largest absolute Gasteiger partial charge is 0.493 e. The summed E-state index contributed by atoms with van der Waals surface area (Å²) < 4.78 is 64.1. The zero-order valence-electron chi connectivity index (χ0n) is 27.9. The smallest absolute Gasteiger partial charge is 0.437 e. The zero-order chi connectivity index (χ0) is 36.1. The van der Waals surface area contributed by atoms with Gasteiger partial charge >= 0.3 is 18.4 Å². The Hall–Kier alpha value is -4.04. The van der Waals surface area contributed by atoms with Crippen molar-refractivity contribution in [3.63, 3.8) is 0 Å². The van der Waals surface area contributed by atoms with Gasteiger partial charge in [-0.3, -0.25) is 5.32 Å². The number of nitrogens with one attached hydrogen (secondary N) is 1. The highest BCUT2D eigenvalue weighted by Gasteiger charge is 2.37. The molecule has 11 nitrogen and oxygen atoms in total. The molecule has 1 aliphatic rings. The Bertz CT molecular complexity index is 1680. The highest BCUT2D eigenvalue weighted by Crippen LogP contribution is 2.39. The predicted molar refractivity (Wildman–Crippen MR) is 177 cm³/mol. The molecule has 16 heteroatoms. The molecule has 1 unspecified atom stereocenters. The summed E-state index contributed by atoms with van der Waals surface area (Å²) in [6, 6.07) is 8.00. The molecule has 0 bridgehead atoms. The van der Waals surface area contributed by atoms with Crippen LogP contribution in [0.15, 0.2) is 45.9 Å². The Morgan fingerprint density at radius 1 is 1.02 bits per heavy atom. The van der Waals surface area contributed by atoms with Crippen molar-refractivity contribution in [2.24, 2.45) is 4.99 Å². The van der Waals surface area contributed by atoms with Gasteiger partial charge in [0.05, 0.1) is 22.2 Å². The van der Waals surface area contributed by atoms with Crippen LogP contribution in [0.2, 0.25) is 10.0 Å². The summed E-state index contributed by atoms with van der Waals surface area (Å²) in [7, 11) is 0. The molecule has 2 amide bonds.